The number of hydrogen-bond donors (Lipinski definition) is 2. The fourth-order valence-corrected chi connectivity index (χ4v) is 0.479. The van der Waals surface area contributed by atoms with Crippen LogP contribution < -0.4 is 5.73 Å². The van der Waals surface area contributed by atoms with Gasteiger partial charge in [0.05, 0.1) is 0 Å². The van der Waals surface area contributed by atoms with E-state index in [1.54, 1.807) is 0 Å². The number of carboxylic acid groups (broad SMARTS) is 1. The van der Waals surface area contributed by atoms with Gasteiger partial charge >= 0.3 is 12.9 Å². The molecule has 1 atom stereocenters. The largest absolute Gasteiger partial charge is 0.494 e. The van der Waals surface area contributed by atoms with Gasteiger partial charge in [0, 0.05) is 6.42 Å². The molecule has 0 aliphatic carbocycles. The summed E-state index contributed by atoms with van der Waals surface area (Å²) in [5.74, 6) is -3.23. The Morgan fingerprint density at radius 2 is 2.00 bits per heavy atom. The van der Waals surface area contributed by atoms with Crippen LogP contribution in [0, 0.1) is 0 Å². The van der Waals surface area contributed by atoms with Gasteiger partial charge in [-0.3, -0.25) is 4.79 Å². The molecule has 66 valence electrons. The highest BCUT2D eigenvalue weighted by atomic mass is 19.4. The van der Waals surface area contributed by atoms with Crippen LogP contribution in [0.1, 0.15) is 12.8 Å². The van der Waals surface area contributed by atoms with Crippen LogP contribution >= 0.6 is 0 Å². The summed E-state index contributed by atoms with van der Waals surface area (Å²) in [4.78, 5) is 9.81. The third kappa shape index (κ3) is 4.66. The van der Waals surface area contributed by atoms with Crippen LogP contribution in [0.5, 0.6) is 0 Å². The first-order valence-electron chi connectivity index (χ1n) is 3.01. The van der Waals surface area contributed by atoms with Crippen molar-refractivity contribution in [2.45, 2.75) is 18.8 Å². The Balaban J connectivity index is 3.70. The summed E-state index contributed by atoms with van der Waals surface area (Å²) in [6, 6.07) is 0. The third-order valence-electron chi connectivity index (χ3n) is 1.18. The molecule has 0 saturated carbocycles. The molecule has 0 aliphatic heterocycles. The third-order valence-corrected chi connectivity index (χ3v) is 1.18. The van der Waals surface area contributed by atoms with Crippen LogP contribution in [0.3, 0.4) is 0 Å². The topological polar surface area (TPSA) is 63.3 Å². The first-order valence-corrected chi connectivity index (χ1v) is 3.01. The maximum Gasteiger partial charge on any atom is 0.494 e. The van der Waals surface area contributed by atoms with E-state index in [1.165, 1.54) is 0 Å². The van der Waals surface area contributed by atoms with E-state index < -0.39 is 31.7 Å². The second-order valence-electron chi connectivity index (χ2n) is 2.22. The Morgan fingerprint density at radius 3 is 2.27 bits per heavy atom. The van der Waals surface area contributed by atoms with Crippen LogP contribution in [-0.2, 0) is 4.79 Å². The van der Waals surface area contributed by atoms with Crippen LogP contribution in [0.15, 0.2) is 0 Å². The molecule has 0 amide bonds. The number of aliphatic carboxylic acids is 1. The van der Waals surface area contributed by atoms with Crippen molar-refractivity contribution in [1.82, 2.24) is 0 Å². The van der Waals surface area contributed by atoms with Gasteiger partial charge in [-0.25, -0.2) is 0 Å². The molecule has 0 aromatic heterocycles. The van der Waals surface area contributed by atoms with Crippen molar-refractivity contribution in [2.75, 3.05) is 0 Å². The molecule has 7 heteroatoms. The van der Waals surface area contributed by atoms with Crippen LogP contribution in [-0.4, -0.2) is 24.0 Å². The molecule has 0 bridgehead atoms. The van der Waals surface area contributed by atoms with Gasteiger partial charge in [0.1, 0.15) is 0 Å². The van der Waals surface area contributed by atoms with Crippen LogP contribution in [0.2, 0.25) is 0 Å². The zero-order valence-electron chi connectivity index (χ0n) is 5.64. The highest BCUT2D eigenvalue weighted by molar-refractivity contribution is 6.60. The van der Waals surface area contributed by atoms with E-state index in [4.69, 9.17) is 5.11 Å². The summed E-state index contributed by atoms with van der Waals surface area (Å²) in [7, 11) is 0. The molecular weight excluding hydrogens is 162 g/mol. The molecule has 0 aromatic carbocycles. The summed E-state index contributed by atoms with van der Waals surface area (Å²) in [5.41, 5.74) is 4.64. The molecule has 0 heterocycles. The quantitative estimate of drug-likeness (QED) is 0.606. The van der Waals surface area contributed by atoms with E-state index in [1.807, 2.05) is 0 Å². The Hall–Kier alpha value is -0.715. The monoisotopic (exact) mass is 170 g/mol. The highest BCUT2D eigenvalue weighted by Crippen LogP contribution is 2.15. The highest BCUT2D eigenvalue weighted by Gasteiger charge is 2.31. The molecule has 0 saturated heterocycles. The SMILES string of the molecule is NC(CCC(=O)O)[B-](F)(F)F. The first kappa shape index (κ1) is 10.3. The minimum absolute atomic E-state index is 0.539. The molecule has 0 rings (SSSR count). The summed E-state index contributed by atoms with van der Waals surface area (Å²) in [6.45, 7) is -5.09. The zero-order valence-corrected chi connectivity index (χ0v) is 5.64. The average molecular weight is 170 g/mol. The molecule has 11 heavy (non-hydrogen) atoms. The van der Waals surface area contributed by atoms with Gasteiger partial charge < -0.3 is 23.8 Å². The van der Waals surface area contributed by atoms with Crippen molar-refractivity contribution in [3.8, 4) is 0 Å². The molecule has 0 fully saturated rings. The predicted molar refractivity (Wildman–Crippen MR) is 33.9 cm³/mol. The lowest BCUT2D eigenvalue weighted by Crippen LogP contribution is -2.42. The molecule has 3 N–H and O–H groups in total. The number of carbonyl (C=O) groups is 1. The Kier molecular flexibility index (Phi) is 3.38. The minimum Gasteiger partial charge on any atom is -0.481 e. The maximum atomic E-state index is 11.6. The van der Waals surface area contributed by atoms with Crippen LogP contribution in [0.4, 0.5) is 12.9 Å². The fraction of sp³-hybridized carbons (Fsp3) is 0.750. The van der Waals surface area contributed by atoms with E-state index in [2.05, 4.69) is 5.73 Å². The number of hydrogen-bond acceptors (Lipinski definition) is 2. The van der Waals surface area contributed by atoms with Crippen molar-refractivity contribution in [2.24, 2.45) is 5.73 Å². The van der Waals surface area contributed by atoms with Crippen molar-refractivity contribution < 1.29 is 22.8 Å². The number of halogens is 3. The second-order valence-corrected chi connectivity index (χ2v) is 2.22. The Labute approximate surface area is 61.4 Å². The molecule has 0 radical (unpaired) electrons. The first-order chi connectivity index (χ1) is 4.84. The number of nitrogens with two attached hydrogens (primary N) is 1. The fourth-order valence-electron chi connectivity index (χ4n) is 0.479. The minimum atomic E-state index is -5.09. The van der Waals surface area contributed by atoms with Crippen molar-refractivity contribution in [3.05, 3.63) is 0 Å². The number of rotatable bonds is 4. The molecule has 3 nitrogen and oxygen atoms in total. The molecule has 0 aliphatic rings. The summed E-state index contributed by atoms with van der Waals surface area (Å²) >= 11 is 0. The second kappa shape index (κ2) is 3.61. The molecule has 1 unspecified atom stereocenters. The normalized spacial score (nSPS) is 14.5. The summed E-state index contributed by atoms with van der Waals surface area (Å²) in [6.07, 6.45) is -1.08. The van der Waals surface area contributed by atoms with Gasteiger partial charge in [0.25, 0.3) is 0 Å². The average Bonchev–Trinajstić information content (AvgIpc) is 1.80. The predicted octanol–water partition coefficient (Wildman–Crippen LogP) is 0.565. The van der Waals surface area contributed by atoms with Crippen molar-refractivity contribution in [3.63, 3.8) is 0 Å². The van der Waals surface area contributed by atoms with E-state index in [-0.39, 0.29) is 0 Å². The number of carboxylic acids is 1. The van der Waals surface area contributed by atoms with Gasteiger partial charge in [0.2, 0.25) is 0 Å². The maximum absolute atomic E-state index is 11.6. The molecule has 0 spiro atoms. The standard InChI is InChI=1S/C4H8BF3NO2/c6-5(7,8)3(9)1-2-4(10)11/h3H,1-2,9H2,(H,10,11)/q-1. The molecular formula is C4H8BF3NO2-. The smallest absolute Gasteiger partial charge is 0.481 e. The van der Waals surface area contributed by atoms with Gasteiger partial charge in [0.15, 0.2) is 0 Å². The van der Waals surface area contributed by atoms with Gasteiger partial charge in [-0.05, 0) is 5.94 Å². The Bertz CT molecular complexity index is 149. The van der Waals surface area contributed by atoms with Crippen molar-refractivity contribution in [1.29, 1.82) is 0 Å². The van der Waals surface area contributed by atoms with Gasteiger partial charge in [-0.15, -0.1) is 0 Å². The molecule has 0 aromatic rings. The van der Waals surface area contributed by atoms with E-state index in [9.17, 15) is 17.7 Å². The summed E-state index contributed by atoms with van der Waals surface area (Å²) < 4.78 is 34.9. The van der Waals surface area contributed by atoms with Crippen molar-refractivity contribution >= 4 is 12.9 Å². The van der Waals surface area contributed by atoms with Crippen LogP contribution in [0.25, 0.3) is 0 Å². The van der Waals surface area contributed by atoms with Gasteiger partial charge in [-0.1, -0.05) is 6.42 Å². The lowest BCUT2D eigenvalue weighted by Gasteiger charge is -2.21. The van der Waals surface area contributed by atoms with E-state index in [0.717, 1.165) is 0 Å². The summed E-state index contributed by atoms with van der Waals surface area (Å²) in [5, 5.41) is 8.01. The lowest BCUT2D eigenvalue weighted by molar-refractivity contribution is -0.137. The lowest BCUT2D eigenvalue weighted by atomic mass is 9.77. The Morgan fingerprint density at radius 1 is 1.55 bits per heavy atom. The van der Waals surface area contributed by atoms with E-state index >= 15 is 0 Å². The van der Waals surface area contributed by atoms with E-state index in [0.29, 0.717) is 0 Å². The van der Waals surface area contributed by atoms with Gasteiger partial charge in [-0.2, -0.15) is 0 Å². The zero-order chi connectivity index (χ0) is 9.07.